The van der Waals surface area contributed by atoms with Gasteiger partial charge >= 0.3 is 6.18 Å². The van der Waals surface area contributed by atoms with Crippen molar-refractivity contribution in [2.45, 2.75) is 44.8 Å². The van der Waals surface area contributed by atoms with Gasteiger partial charge in [0.1, 0.15) is 5.82 Å². The van der Waals surface area contributed by atoms with E-state index >= 15 is 0 Å². The molecule has 0 saturated carbocycles. The van der Waals surface area contributed by atoms with E-state index in [1.54, 1.807) is 16.8 Å². The molecule has 158 valence electrons. The van der Waals surface area contributed by atoms with Crippen LogP contribution in [0, 0.1) is 5.92 Å². The van der Waals surface area contributed by atoms with Gasteiger partial charge in [-0.25, -0.2) is 4.68 Å². The standard InChI is InChI=1S/C19H20F3N7O/c20-19(21,22)18-24-23-15-4-5-16(26-29(15)18)27-8-6-12(7-9-27)11-28-17(30)10-13-2-1-3-14(13)25-28/h4-5,10,12H,1-3,6-9,11H2. The molecule has 3 aromatic rings. The molecule has 4 heterocycles. The van der Waals surface area contributed by atoms with Crippen LogP contribution in [0.25, 0.3) is 5.65 Å². The van der Waals surface area contributed by atoms with E-state index in [1.165, 1.54) is 6.07 Å². The Labute approximate surface area is 169 Å². The first-order chi connectivity index (χ1) is 14.4. The smallest absolute Gasteiger partial charge is 0.355 e. The lowest BCUT2D eigenvalue weighted by Crippen LogP contribution is -2.37. The molecule has 0 atom stereocenters. The summed E-state index contributed by atoms with van der Waals surface area (Å²) >= 11 is 0. The number of nitrogens with zero attached hydrogens (tertiary/aromatic N) is 7. The average molecular weight is 419 g/mol. The third-order valence-electron chi connectivity index (χ3n) is 5.90. The van der Waals surface area contributed by atoms with Crippen LogP contribution in [0.3, 0.4) is 0 Å². The van der Waals surface area contributed by atoms with Crippen LogP contribution >= 0.6 is 0 Å². The predicted octanol–water partition coefficient (Wildman–Crippen LogP) is 2.11. The molecule has 3 aromatic heterocycles. The molecular weight excluding hydrogens is 399 g/mol. The van der Waals surface area contributed by atoms with Gasteiger partial charge in [-0.1, -0.05) is 0 Å². The summed E-state index contributed by atoms with van der Waals surface area (Å²) in [7, 11) is 0. The lowest BCUT2D eigenvalue weighted by atomic mass is 9.97. The summed E-state index contributed by atoms with van der Waals surface area (Å²) in [5.74, 6) is -0.384. The molecule has 1 fully saturated rings. The van der Waals surface area contributed by atoms with E-state index in [1.807, 2.05) is 4.90 Å². The van der Waals surface area contributed by atoms with Crippen LogP contribution < -0.4 is 10.5 Å². The Morgan fingerprint density at radius 2 is 1.87 bits per heavy atom. The summed E-state index contributed by atoms with van der Waals surface area (Å²) in [4.78, 5) is 14.3. The summed E-state index contributed by atoms with van der Waals surface area (Å²) in [6.45, 7) is 1.86. The molecule has 5 rings (SSSR count). The fourth-order valence-electron chi connectivity index (χ4n) is 4.28. The normalized spacial score (nSPS) is 17.6. The van der Waals surface area contributed by atoms with Crippen molar-refractivity contribution in [3.8, 4) is 0 Å². The van der Waals surface area contributed by atoms with Crippen LogP contribution in [0.1, 0.15) is 36.3 Å². The first-order valence-corrected chi connectivity index (χ1v) is 10.0. The summed E-state index contributed by atoms with van der Waals surface area (Å²) < 4.78 is 41.6. The molecule has 0 spiro atoms. The van der Waals surface area contributed by atoms with Crippen molar-refractivity contribution in [2.24, 2.45) is 5.92 Å². The summed E-state index contributed by atoms with van der Waals surface area (Å²) in [6.07, 6.45) is -0.113. The summed E-state index contributed by atoms with van der Waals surface area (Å²) in [5.41, 5.74) is 2.10. The molecule has 1 saturated heterocycles. The molecule has 8 nitrogen and oxygen atoms in total. The second-order valence-electron chi connectivity index (χ2n) is 7.90. The summed E-state index contributed by atoms with van der Waals surface area (Å²) in [5, 5.41) is 15.4. The van der Waals surface area contributed by atoms with Crippen LogP contribution in [-0.2, 0) is 25.6 Å². The summed E-state index contributed by atoms with van der Waals surface area (Å²) in [6, 6.07) is 4.86. The maximum absolute atomic E-state index is 13.1. The van der Waals surface area contributed by atoms with Gasteiger partial charge in [0, 0.05) is 25.7 Å². The van der Waals surface area contributed by atoms with E-state index in [2.05, 4.69) is 20.4 Å². The Morgan fingerprint density at radius 1 is 1.07 bits per heavy atom. The number of hydrogen-bond acceptors (Lipinski definition) is 6. The van der Waals surface area contributed by atoms with Crippen LogP contribution in [0.5, 0.6) is 0 Å². The van der Waals surface area contributed by atoms with E-state index in [-0.39, 0.29) is 17.1 Å². The van der Waals surface area contributed by atoms with Crippen molar-refractivity contribution in [3.63, 3.8) is 0 Å². The van der Waals surface area contributed by atoms with Crippen molar-refractivity contribution >= 4 is 11.5 Å². The highest BCUT2D eigenvalue weighted by atomic mass is 19.4. The van der Waals surface area contributed by atoms with Crippen molar-refractivity contribution in [1.82, 2.24) is 29.6 Å². The van der Waals surface area contributed by atoms with E-state index in [4.69, 9.17) is 0 Å². The number of fused-ring (bicyclic) bond motifs is 2. The second kappa shape index (κ2) is 7.06. The molecule has 1 aliphatic carbocycles. The minimum atomic E-state index is -4.62. The number of aryl methyl sites for hydroxylation is 2. The lowest BCUT2D eigenvalue weighted by Gasteiger charge is -2.32. The first kappa shape index (κ1) is 19.0. The lowest BCUT2D eigenvalue weighted by molar-refractivity contribution is -0.146. The van der Waals surface area contributed by atoms with Crippen LogP contribution in [-0.4, -0.2) is 42.7 Å². The molecule has 0 aromatic carbocycles. The zero-order valence-corrected chi connectivity index (χ0v) is 16.1. The van der Waals surface area contributed by atoms with Gasteiger partial charge in [0.05, 0.1) is 5.69 Å². The quantitative estimate of drug-likeness (QED) is 0.647. The van der Waals surface area contributed by atoms with Gasteiger partial charge in [-0.3, -0.25) is 4.79 Å². The Hall–Kier alpha value is -2.98. The fourth-order valence-corrected chi connectivity index (χ4v) is 4.28. The highest BCUT2D eigenvalue weighted by molar-refractivity contribution is 5.46. The molecular formula is C19H20F3N7O. The number of anilines is 1. The van der Waals surface area contributed by atoms with E-state index in [0.717, 1.165) is 47.9 Å². The maximum atomic E-state index is 13.1. The topological polar surface area (TPSA) is 81.2 Å². The third-order valence-corrected chi connectivity index (χ3v) is 5.90. The van der Waals surface area contributed by atoms with Gasteiger partial charge in [-0.15, -0.1) is 15.3 Å². The van der Waals surface area contributed by atoms with Crippen molar-refractivity contribution in [3.05, 3.63) is 45.6 Å². The Morgan fingerprint density at radius 3 is 2.63 bits per heavy atom. The van der Waals surface area contributed by atoms with E-state index in [0.29, 0.717) is 25.5 Å². The zero-order valence-electron chi connectivity index (χ0n) is 16.1. The van der Waals surface area contributed by atoms with Gasteiger partial charge in [-0.05, 0) is 55.7 Å². The number of piperidine rings is 1. The van der Waals surface area contributed by atoms with Gasteiger partial charge in [0.2, 0.25) is 0 Å². The molecule has 0 amide bonds. The van der Waals surface area contributed by atoms with Crippen molar-refractivity contribution < 1.29 is 13.2 Å². The van der Waals surface area contributed by atoms with E-state index in [9.17, 15) is 18.0 Å². The van der Waals surface area contributed by atoms with E-state index < -0.39 is 12.0 Å². The molecule has 30 heavy (non-hydrogen) atoms. The molecule has 1 aliphatic heterocycles. The maximum Gasteiger partial charge on any atom is 0.453 e. The minimum Gasteiger partial charge on any atom is -0.355 e. The number of rotatable bonds is 3. The number of alkyl halides is 3. The van der Waals surface area contributed by atoms with Crippen molar-refractivity contribution in [2.75, 3.05) is 18.0 Å². The molecule has 0 N–H and O–H groups in total. The zero-order chi connectivity index (χ0) is 20.9. The molecule has 0 bridgehead atoms. The Bertz CT molecular complexity index is 1150. The monoisotopic (exact) mass is 419 g/mol. The predicted molar refractivity (Wildman–Crippen MR) is 101 cm³/mol. The molecule has 0 unspecified atom stereocenters. The van der Waals surface area contributed by atoms with Gasteiger partial charge < -0.3 is 4.90 Å². The first-order valence-electron chi connectivity index (χ1n) is 10.0. The van der Waals surface area contributed by atoms with Gasteiger partial charge in [0.15, 0.2) is 5.65 Å². The van der Waals surface area contributed by atoms with Crippen molar-refractivity contribution in [1.29, 1.82) is 0 Å². The molecule has 2 aliphatic rings. The Kier molecular flexibility index (Phi) is 4.48. The SMILES string of the molecule is O=c1cc2c(nn1CC1CCN(c3ccc4nnc(C(F)(F)F)n4n3)CC1)CCC2. The second-order valence-corrected chi connectivity index (χ2v) is 7.90. The highest BCUT2D eigenvalue weighted by Gasteiger charge is 2.38. The molecule has 11 heteroatoms. The number of halogens is 3. The molecule has 0 radical (unpaired) electrons. The van der Waals surface area contributed by atoms with Crippen LogP contribution in [0.2, 0.25) is 0 Å². The number of hydrogen-bond donors (Lipinski definition) is 0. The van der Waals surface area contributed by atoms with Gasteiger partial charge in [-0.2, -0.15) is 22.8 Å². The fraction of sp³-hybridized carbons (Fsp3) is 0.526. The largest absolute Gasteiger partial charge is 0.453 e. The van der Waals surface area contributed by atoms with Crippen LogP contribution in [0.4, 0.5) is 19.0 Å². The average Bonchev–Trinajstić information content (AvgIpc) is 3.34. The highest BCUT2D eigenvalue weighted by Crippen LogP contribution is 2.29. The third kappa shape index (κ3) is 3.41. The Balaban J connectivity index is 1.29. The van der Waals surface area contributed by atoms with Crippen LogP contribution in [0.15, 0.2) is 23.0 Å². The van der Waals surface area contributed by atoms with Gasteiger partial charge in [0.25, 0.3) is 11.4 Å². The minimum absolute atomic E-state index is 0.0579. The number of aromatic nitrogens is 6.